The predicted molar refractivity (Wildman–Crippen MR) is 76.2 cm³/mol. The molecule has 1 aromatic carbocycles. The number of imidazole rings is 1. The Morgan fingerprint density at radius 2 is 2.10 bits per heavy atom. The molecule has 0 amide bonds. The van der Waals surface area contributed by atoms with Gasteiger partial charge in [-0.15, -0.1) is 0 Å². The molecule has 2 rings (SSSR count). The van der Waals surface area contributed by atoms with Gasteiger partial charge in [0.25, 0.3) is 0 Å². The van der Waals surface area contributed by atoms with Gasteiger partial charge in [0.2, 0.25) is 0 Å². The van der Waals surface area contributed by atoms with Crippen LogP contribution >= 0.6 is 0 Å². The Hall–Kier alpha value is -2.14. The first kappa shape index (κ1) is 14.3. The predicted octanol–water partition coefficient (Wildman–Crippen LogP) is 1.77. The number of rotatable bonds is 6. The lowest BCUT2D eigenvalue weighted by Crippen LogP contribution is -2.48. The summed E-state index contributed by atoms with van der Waals surface area (Å²) < 4.78 is 1.82. The van der Waals surface area contributed by atoms with E-state index in [0.29, 0.717) is 5.56 Å². The van der Waals surface area contributed by atoms with E-state index in [1.54, 1.807) is 36.7 Å². The van der Waals surface area contributed by atoms with E-state index >= 15 is 0 Å². The zero-order chi connectivity index (χ0) is 14.6. The summed E-state index contributed by atoms with van der Waals surface area (Å²) in [6, 6.07) is 8.90. The van der Waals surface area contributed by atoms with Gasteiger partial charge in [0.1, 0.15) is 5.82 Å². The summed E-state index contributed by atoms with van der Waals surface area (Å²) in [5, 5.41) is 9.55. The smallest absolute Gasteiger partial charge is 0.330 e. The number of benzene rings is 1. The molecule has 1 aromatic heterocycles. The number of carboxylic acid groups (broad SMARTS) is 1. The fourth-order valence-electron chi connectivity index (χ4n) is 2.22. The van der Waals surface area contributed by atoms with E-state index in [4.69, 9.17) is 5.73 Å². The van der Waals surface area contributed by atoms with Crippen molar-refractivity contribution in [3.05, 3.63) is 54.1 Å². The van der Waals surface area contributed by atoms with E-state index in [0.717, 1.165) is 18.7 Å². The van der Waals surface area contributed by atoms with Crippen molar-refractivity contribution in [3.8, 4) is 0 Å². The summed E-state index contributed by atoms with van der Waals surface area (Å²) in [5.41, 5.74) is 5.30. The van der Waals surface area contributed by atoms with Gasteiger partial charge in [-0.3, -0.25) is 0 Å². The number of aromatic nitrogens is 2. The quantitative estimate of drug-likeness (QED) is 0.840. The van der Waals surface area contributed by atoms with Crippen LogP contribution in [-0.4, -0.2) is 20.6 Å². The largest absolute Gasteiger partial charge is 0.480 e. The molecule has 0 saturated carbocycles. The van der Waals surface area contributed by atoms with Gasteiger partial charge in [-0.1, -0.05) is 37.3 Å². The molecule has 0 bridgehead atoms. The van der Waals surface area contributed by atoms with Crippen LogP contribution in [0.15, 0.2) is 42.7 Å². The molecule has 3 N–H and O–H groups in total. The second-order valence-corrected chi connectivity index (χ2v) is 4.86. The van der Waals surface area contributed by atoms with E-state index in [2.05, 4.69) is 11.9 Å². The molecule has 5 heteroatoms. The number of carbonyl (C=O) groups is 1. The zero-order valence-electron chi connectivity index (χ0n) is 11.5. The maximum Gasteiger partial charge on any atom is 0.330 e. The van der Waals surface area contributed by atoms with Crippen molar-refractivity contribution in [2.75, 3.05) is 0 Å². The minimum absolute atomic E-state index is 0.168. The highest BCUT2D eigenvalue weighted by Gasteiger charge is 2.36. The molecule has 2 aromatic rings. The Labute approximate surface area is 118 Å². The second-order valence-electron chi connectivity index (χ2n) is 4.86. The summed E-state index contributed by atoms with van der Waals surface area (Å²) >= 11 is 0. The number of carboxylic acids is 1. The molecule has 20 heavy (non-hydrogen) atoms. The monoisotopic (exact) mass is 273 g/mol. The third-order valence-electron chi connectivity index (χ3n) is 3.37. The highest BCUT2D eigenvalue weighted by Crippen LogP contribution is 2.22. The van der Waals surface area contributed by atoms with Crippen molar-refractivity contribution < 1.29 is 9.90 Å². The minimum Gasteiger partial charge on any atom is -0.480 e. The Morgan fingerprint density at radius 3 is 2.70 bits per heavy atom. The summed E-state index contributed by atoms with van der Waals surface area (Å²) in [4.78, 5) is 15.9. The van der Waals surface area contributed by atoms with E-state index in [1.807, 2.05) is 10.6 Å². The Bertz CT molecular complexity index is 580. The van der Waals surface area contributed by atoms with Gasteiger partial charge >= 0.3 is 5.97 Å². The number of nitrogens with zero attached hydrogens (tertiary/aromatic N) is 2. The van der Waals surface area contributed by atoms with Crippen LogP contribution in [0.25, 0.3) is 0 Å². The van der Waals surface area contributed by atoms with Crippen LogP contribution in [0.2, 0.25) is 0 Å². The van der Waals surface area contributed by atoms with Gasteiger partial charge in [-0.25, -0.2) is 9.78 Å². The maximum atomic E-state index is 11.7. The summed E-state index contributed by atoms with van der Waals surface area (Å²) in [5.74, 6) is -0.181. The standard InChI is InChI=1S/C15H19N3O2/c1-2-6-13-17-9-10-18(13)11-15(16,14(19)20)12-7-4-3-5-8-12/h3-5,7-10H,2,6,11,16H2,1H3,(H,19,20). The van der Waals surface area contributed by atoms with Gasteiger partial charge in [0.05, 0.1) is 6.54 Å². The van der Waals surface area contributed by atoms with Crippen molar-refractivity contribution in [1.82, 2.24) is 9.55 Å². The molecule has 0 aliphatic rings. The van der Waals surface area contributed by atoms with Crippen LogP contribution in [0.4, 0.5) is 0 Å². The minimum atomic E-state index is -1.45. The van der Waals surface area contributed by atoms with Gasteiger partial charge in [0, 0.05) is 18.8 Å². The van der Waals surface area contributed by atoms with Gasteiger partial charge in [-0.2, -0.15) is 0 Å². The fraction of sp³-hybridized carbons (Fsp3) is 0.333. The molecule has 1 unspecified atom stereocenters. The SMILES string of the molecule is CCCc1nccn1CC(N)(C(=O)O)c1ccccc1. The molecule has 106 valence electrons. The average molecular weight is 273 g/mol. The van der Waals surface area contributed by atoms with E-state index < -0.39 is 11.5 Å². The highest BCUT2D eigenvalue weighted by molar-refractivity contribution is 5.80. The number of hydrogen-bond donors (Lipinski definition) is 2. The third-order valence-corrected chi connectivity index (χ3v) is 3.37. The lowest BCUT2D eigenvalue weighted by atomic mass is 9.91. The van der Waals surface area contributed by atoms with Crippen molar-refractivity contribution in [3.63, 3.8) is 0 Å². The number of aryl methyl sites for hydroxylation is 1. The molecule has 0 aliphatic heterocycles. The third kappa shape index (κ3) is 2.72. The van der Waals surface area contributed by atoms with Gasteiger partial charge in [-0.05, 0) is 12.0 Å². The molecule has 1 heterocycles. The normalized spacial score (nSPS) is 13.9. The van der Waals surface area contributed by atoms with Crippen molar-refractivity contribution >= 4 is 5.97 Å². The van der Waals surface area contributed by atoms with Crippen LogP contribution in [0.5, 0.6) is 0 Å². The maximum absolute atomic E-state index is 11.7. The Balaban J connectivity index is 2.35. The summed E-state index contributed by atoms with van der Waals surface area (Å²) in [6.07, 6.45) is 5.21. The summed E-state index contributed by atoms with van der Waals surface area (Å²) in [7, 11) is 0. The molecule has 0 fully saturated rings. The van der Waals surface area contributed by atoms with E-state index in [9.17, 15) is 9.90 Å². The van der Waals surface area contributed by atoms with Gasteiger partial charge < -0.3 is 15.4 Å². The van der Waals surface area contributed by atoms with Gasteiger partial charge in [0.15, 0.2) is 5.54 Å². The number of aliphatic carboxylic acids is 1. The lowest BCUT2D eigenvalue weighted by molar-refractivity contribution is -0.144. The fourth-order valence-corrected chi connectivity index (χ4v) is 2.22. The molecular formula is C15H19N3O2. The molecule has 1 atom stereocenters. The summed E-state index contributed by atoms with van der Waals surface area (Å²) in [6.45, 7) is 2.23. The van der Waals surface area contributed by atoms with Crippen molar-refractivity contribution in [2.45, 2.75) is 31.8 Å². The van der Waals surface area contributed by atoms with Crippen molar-refractivity contribution in [2.24, 2.45) is 5.73 Å². The lowest BCUT2D eigenvalue weighted by Gasteiger charge is -2.26. The topological polar surface area (TPSA) is 81.1 Å². The first-order valence-corrected chi connectivity index (χ1v) is 6.65. The molecule has 5 nitrogen and oxygen atoms in total. The van der Waals surface area contributed by atoms with Crippen LogP contribution in [0.3, 0.4) is 0 Å². The van der Waals surface area contributed by atoms with Crippen LogP contribution in [0, 0.1) is 0 Å². The number of hydrogen-bond acceptors (Lipinski definition) is 3. The molecule has 0 aliphatic carbocycles. The van der Waals surface area contributed by atoms with Crippen LogP contribution < -0.4 is 5.73 Å². The molecular weight excluding hydrogens is 254 g/mol. The second kappa shape index (κ2) is 5.88. The Kier molecular flexibility index (Phi) is 4.20. The van der Waals surface area contributed by atoms with E-state index in [-0.39, 0.29) is 6.54 Å². The molecule has 0 saturated heterocycles. The highest BCUT2D eigenvalue weighted by atomic mass is 16.4. The van der Waals surface area contributed by atoms with E-state index in [1.165, 1.54) is 0 Å². The first-order valence-electron chi connectivity index (χ1n) is 6.65. The molecule has 0 spiro atoms. The number of nitrogens with two attached hydrogens (primary N) is 1. The van der Waals surface area contributed by atoms with Crippen LogP contribution in [-0.2, 0) is 23.3 Å². The van der Waals surface area contributed by atoms with Crippen molar-refractivity contribution in [1.29, 1.82) is 0 Å². The first-order chi connectivity index (χ1) is 9.58. The Morgan fingerprint density at radius 1 is 1.40 bits per heavy atom. The van der Waals surface area contributed by atoms with Crippen LogP contribution in [0.1, 0.15) is 24.7 Å². The zero-order valence-corrected chi connectivity index (χ0v) is 11.5. The average Bonchev–Trinajstić information content (AvgIpc) is 2.87. The molecule has 0 radical (unpaired) electrons.